The van der Waals surface area contributed by atoms with Crippen molar-refractivity contribution in [3.63, 3.8) is 0 Å². The molecule has 3 N–H and O–H groups in total. The molecule has 1 aromatic rings. The van der Waals surface area contributed by atoms with E-state index in [9.17, 15) is 13.2 Å². The van der Waals surface area contributed by atoms with Gasteiger partial charge in [-0.05, 0) is 53.4 Å². The lowest BCUT2D eigenvalue weighted by Crippen LogP contribution is -2.40. The van der Waals surface area contributed by atoms with Crippen LogP contribution in [0.25, 0.3) is 0 Å². The van der Waals surface area contributed by atoms with Crippen LogP contribution >= 0.6 is 15.9 Å². The quantitative estimate of drug-likeness (QED) is 0.829. The van der Waals surface area contributed by atoms with E-state index in [1.807, 2.05) is 0 Å². The van der Waals surface area contributed by atoms with Crippen molar-refractivity contribution in [1.82, 2.24) is 5.32 Å². The van der Waals surface area contributed by atoms with Gasteiger partial charge in [-0.2, -0.15) is 0 Å². The number of sulfonamides is 1. The topological polar surface area (TPSA) is 98.5 Å². The van der Waals surface area contributed by atoms with Gasteiger partial charge in [0.1, 0.15) is 0 Å². The zero-order valence-electron chi connectivity index (χ0n) is 11.5. The smallest absolute Gasteiger partial charge is 0.251 e. The maximum absolute atomic E-state index is 12.2. The molecule has 0 radical (unpaired) electrons. The predicted octanol–water partition coefficient (Wildman–Crippen LogP) is 1.39. The number of carbonyl (C=O) groups excluding carboxylic acids is 1. The summed E-state index contributed by atoms with van der Waals surface area (Å²) in [4.78, 5) is 12.1. The van der Waals surface area contributed by atoms with E-state index in [0.29, 0.717) is 4.47 Å². The molecule has 0 aromatic heterocycles. The van der Waals surface area contributed by atoms with Crippen LogP contribution in [0.2, 0.25) is 0 Å². The van der Waals surface area contributed by atoms with Crippen LogP contribution in [0, 0.1) is 0 Å². The molecular weight excluding hydrogens is 360 g/mol. The third-order valence-corrected chi connectivity index (χ3v) is 5.48. The van der Waals surface area contributed by atoms with E-state index in [1.165, 1.54) is 12.1 Å². The predicted molar refractivity (Wildman–Crippen MR) is 81.4 cm³/mol. The van der Waals surface area contributed by atoms with Crippen molar-refractivity contribution in [1.29, 1.82) is 0 Å². The summed E-state index contributed by atoms with van der Waals surface area (Å²) in [7, 11) is -2.26. The number of benzene rings is 1. The van der Waals surface area contributed by atoms with Gasteiger partial charge in [0.15, 0.2) is 0 Å². The number of nitrogens with two attached hydrogens (primary N) is 1. The highest BCUT2D eigenvalue weighted by molar-refractivity contribution is 9.10. The van der Waals surface area contributed by atoms with E-state index in [4.69, 9.17) is 9.88 Å². The molecule has 21 heavy (non-hydrogen) atoms. The van der Waals surface area contributed by atoms with Gasteiger partial charge in [0.25, 0.3) is 5.91 Å². The van der Waals surface area contributed by atoms with Gasteiger partial charge in [-0.25, -0.2) is 13.6 Å². The summed E-state index contributed by atoms with van der Waals surface area (Å²) in [6.45, 7) is 0. The molecule has 1 fully saturated rings. The lowest BCUT2D eigenvalue weighted by molar-refractivity contribution is 0.0722. The Hall–Kier alpha value is -0.960. The molecule has 1 aliphatic carbocycles. The number of amides is 1. The highest BCUT2D eigenvalue weighted by Gasteiger charge is 2.29. The minimum absolute atomic E-state index is 0.00195. The van der Waals surface area contributed by atoms with E-state index in [2.05, 4.69) is 21.2 Å². The number of hydrogen-bond donors (Lipinski definition) is 2. The summed E-state index contributed by atoms with van der Waals surface area (Å²) in [5, 5.41) is 8.00. The third-order valence-electron chi connectivity index (χ3n) is 3.57. The molecule has 8 heteroatoms. The Kier molecular flexibility index (Phi) is 5.03. The van der Waals surface area contributed by atoms with Crippen molar-refractivity contribution in [3.05, 3.63) is 28.2 Å². The van der Waals surface area contributed by atoms with E-state index < -0.39 is 10.0 Å². The van der Waals surface area contributed by atoms with Crippen LogP contribution in [-0.2, 0) is 14.8 Å². The van der Waals surface area contributed by atoms with Crippen LogP contribution in [0.4, 0.5) is 0 Å². The minimum atomic E-state index is -3.88. The molecule has 0 spiro atoms. The molecule has 1 aliphatic rings. The first-order valence-electron chi connectivity index (χ1n) is 6.49. The van der Waals surface area contributed by atoms with Crippen molar-refractivity contribution in [3.8, 4) is 0 Å². The molecule has 1 amide bonds. The SMILES string of the molecule is COC1CCCC1NC(=O)c1ccc(Br)c(S(N)(=O)=O)c1. The van der Waals surface area contributed by atoms with Gasteiger partial charge in [-0.1, -0.05) is 0 Å². The number of rotatable bonds is 4. The molecule has 2 atom stereocenters. The van der Waals surface area contributed by atoms with Gasteiger partial charge < -0.3 is 10.1 Å². The lowest BCUT2D eigenvalue weighted by atomic mass is 10.1. The second-order valence-electron chi connectivity index (χ2n) is 4.98. The van der Waals surface area contributed by atoms with E-state index in [-0.39, 0.29) is 28.5 Å². The average Bonchev–Trinajstić information content (AvgIpc) is 2.85. The number of ether oxygens (including phenoxy) is 1. The molecule has 0 heterocycles. The van der Waals surface area contributed by atoms with Crippen LogP contribution in [0.15, 0.2) is 27.6 Å². The fourth-order valence-electron chi connectivity index (χ4n) is 2.49. The van der Waals surface area contributed by atoms with Gasteiger partial charge in [0, 0.05) is 17.1 Å². The van der Waals surface area contributed by atoms with Crippen LogP contribution in [0.5, 0.6) is 0 Å². The van der Waals surface area contributed by atoms with E-state index in [0.717, 1.165) is 19.3 Å². The maximum atomic E-state index is 12.2. The first-order valence-corrected chi connectivity index (χ1v) is 8.83. The highest BCUT2D eigenvalue weighted by Crippen LogP contribution is 2.24. The second kappa shape index (κ2) is 6.43. The number of halogens is 1. The summed E-state index contributed by atoms with van der Waals surface area (Å²) in [6.07, 6.45) is 2.75. The van der Waals surface area contributed by atoms with E-state index in [1.54, 1.807) is 13.2 Å². The average molecular weight is 377 g/mol. The molecule has 1 aromatic carbocycles. The monoisotopic (exact) mass is 376 g/mol. The maximum Gasteiger partial charge on any atom is 0.251 e. The van der Waals surface area contributed by atoms with Crippen molar-refractivity contribution in [2.45, 2.75) is 36.3 Å². The largest absolute Gasteiger partial charge is 0.379 e. The van der Waals surface area contributed by atoms with Crippen molar-refractivity contribution >= 4 is 31.9 Å². The lowest BCUT2D eigenvalue weighted by Gasteiger charge is -2.19. The van der Waals surface area contributed by atoms with Crippen LogP contribution < -0.4 is 10.5 Å². The van der Waals surface area contributed by atoms with Crippen molar-refractivity contribution in [2.75, 3.05) is 7.11 Å². The normalized spacial score (nSPS) is 22.2. The molecule has 0 saturated heterocycles. The Morgan fingerprint density at radius 1 is 1.43 bits per heavy atom. The molecular formula is C13H17BrN2O4S. The van der Waals surface area contributed by atoms with Gasteiger partial charge in [-0.3, -0.25) is 4.79 Å². The fourth-order valence-corrected chi connectivity index (χ4v) is 4.04. The first-order chi connectivity index (χ1) is 9.82. The summed E-state index contributed by atoms with van der Waals surface area (Å²) in [5.74, 6) is -0.332. The molecule has 0 bridgehead atoms. The molecule has 6 nitrogen and oxygen atoms in total. The Morgan fingerprint density at radius 3 is 2.76 bits per heavy atom. The van der Waals surface area contributed by atoms with Gasteiger partial charge in [0.05, 0.1) is 17.0 Å². The number of methoxy groups -OCH3 is 1. The number of primary sulfonamides is 1. The van der Waals surface area contributed by atoms with Gasteiger partial charge >= 0.3 is 0 Å². The first kappa shape index (κ1) is 16.4. The molecule has 116 valence electrons. The Balaban J connectivity index is 2.20. The van der Waals surface area contributed by atoms with Gasteiger partial charge in [0.2, 0.25) is 10.0 Å². The minimum Gasteiger partial charge on any atom is -0.379 e. The highest BCUT2D eigenvalue weighted by atomic mass is 79.9. The third kappa shape index (κ3) is 3.82. The summed E-state index contributed by atoms with van der Waals surface area (Å²) >= 11 is 3.11. The number of carbonyl (C=O) groups is 1. The zero-order valence-corrected chi connectivity index (χ0v) is 13.9. The van der Waals surface area contributed by atoms with E-state index >= 15 is 0 Å². The Labute approximate surface area is 132 Å². The van der Waals surface area contributed by atoms with Crippen molar-refractivity contribution < 1.29 is 17.9 Å². The number of hydrogen-bond acceptors (Lipinski definition) is 4. The molecule has 2 rings (SSSR count). The second-order valence-corrected chi connectivity index (χ2v) is 7.36. The zero-order chi connectivity index (χ0) is 15.6. The fraction of sp³-hybridized carbons (Fsp3) is 0.462. The standard InChI is InChI=1S/C13H17BrN2O4S/c1-20-11-4-2-3-10(11)16-13(17)8-5-6-9(14)12(7-8)21(15,18)19/h5-7,10-11H,2-4H2,1H3,(H,16,17)(H2,15,18,19). The molecule has 2 unspecified atom stereocenters. The molecule has 0 aliphatic heterocycles. The van der Waals surface area contributed by atoms with Crippen LogP contribution in [0.1, 0.15) is 29.6 Å². The molecule has 1 saturated carbocycles. The van der Waals surface area contributed by atoms with Crippen molar-refractivity contribution in [2.24, 2.45) is 5.14 Å². The Bertz CT molecular complexity index is 648. The summed E-state index contributed by atoms with van der Waals surface area (Å²) in [5.41, 5.74) is 0.254. The number of nitrogens with one attached hydrogen (secondary N) is 1. The van der Waals surface area contributed by atoms with Crippen LogP contribution in [-0.4, -0.2) is 33.6 Å². The summed E-state index contributed by atoms with van der Waals surface area (Å²) in [6, 6.07) is 4.26. The van der Waals surface area contributed by atoms with Gasteiger partial charge in [-0.15, -0.1) is 0 Å². The van der Waals surface area contributed by atoms with Crippen LogP contribution in [0.3, 0.4) is 0 Å². The Morgan fingerprint density at radius 2 is 2.14 bits per heavy atom. The summed E-state index contributed by atoms with van der Waals surface area (Å²) < 4.78 is 28.6.